The van der Waals surface area contributed by atoms with Gasteiger partial charge < -0.3 is 14.6 Å². The Labute approximate surface area is 211 Å². The van der Waals surface area contributed by atoms with Gasteiger partial charge in [0.2, 0.25) is 0 Å². The average Bonchev–Trinajstić information content (AvgIpc) is 3.14. The van der Waals surface area contributed by atoms with Crippen LogP contribution >= 0.6 is 0 Å². The summed E-state index contributed by atoms with van der Waals surface area (Å²) >= 11 is 0. The van der Waals surface area contributed by atoms with Crippen molar-refractivity contribution in [1.82, 2.24) is 0 Å². The van der Waals surface area contributed by atoms with Gasteiger partial charge >= 0.3 is 0 Å². The van der Waals surface area contributed by atoms with Gasteiger partial charge in [-0.05, 0) is 72.9 Å². The Morgan fingerprint density at radius 3 is 2.25 bits per heavy atom. The molecular weight excluding hydrogens is 454 g/mol. The first-order chi connectivity index (χ1) is 17.2. The molecule has 1 aliphatic rings. The van der Waals surface area contributed by atoms with E-state index >= 15 is 0 Å². The lowest BCUT2D eigenvalue weighted by molar-refractivity contribution is -0.132. The van der Waals surface area contributed by atoms with Crippen molar-refractivity contribution >= 4 is 23.1 Å². The van der Waals surface area contributed by atoms with Crippen molar-refractivity contribution in [3.8, 4) is 11.5 Å². The van der Waals surface area contributed by atoms with Crippen LogP contribution < -0.4 is 14.4 Å². The highest BCUT2D eigenvalue weighted by atomic mass is 16.5. The highest BCUT2D eigenvalue weighted by molar-refractivity contribution is 6.51. The molecule has 4 rings (SSSR count). The number of methoxy groups -OCH3 is 2. The van der Waals surface area contributed by atoms with Crippen LogP contribution in [0, 0.1) is 13.8 Å². The number of carbonyl (C=O) groups is 2. The molecule has 0 saturated carbocycles. The van der Waals surface area contributed by atoms with Crippen LogP contribution in [0.4, 0.5) is 5.69 Å². The van der Waals surface area contributed by atoms with Crippen molar-refractivity contribution < 1.29 is 24.2 Å². The van der Waals surface area contributed by atoms with Gasteiger partial charge in [-0.1, -0.05) is 43.7 Å². The van der Waals surface area contributed by atoms with Crippen molar-refractivity contribution in [1.29, 1.82) is 0 Å². The van der Waals surface area contributed by atoms with Gasteiger partial charge in [-0.3, -0.25) is 14.5 Å². The molecule has 3 aromatic carbocycles. The van der Waals surface area contributed by atoms with Crippen molar-refractivity contribution in [2.75, 3.05) is 19.1 Å². The molecule has 1 N–H and O–H groups in total. The number of hydrogen-bond donors (Lipinski definition) is 1. The van der Waals surface area contributed by atoms with E-state index in [1.807, 2.05) is 70.2 Å². The molecule has 0 spiro atoms. The van der Waals surface area contributed by atoms with Crippen molar-refractivity contribution in [2.24, 2.45) is 0 Å². The number of nitrogens with zero attached hydrogens (tertiary/aromatic N) is 1. The van der Waals surface area contributed by atoms with Gasteiger partial charge in [-0.15, -0.1) is 0 Å². The third-order valence-electron chi connectivity index (χ3n) is 6.62. The SMILES string of the molecule is COc1cccc(C2/C(=C(\O)c3cc(C(C)C)c(OC)cc3C)C(=O)C(=O)N2c2ccc(C)cc2)c1. The molecule has 1 heterocycles. The van der Waals surface area contributed by atoms with Crippen LogP contribution in [0.2, 0.25) is 0 Å². The third kappa shape index (κ3) is 4.35. The molecule has 6 heteroatoms. The number of amides is 1. The first-order valence-electron chi connectivity index (χ1n) is 11.9. The number of rotatable bonds is 6. The molecule has 36 heavy (non-hydrogen) atoms. The Morgan fingerprint density at radius 1 is 0.944 bits per heavy atom. The molecular formula is C30H31NO5. The zero-order valence-corrected chi connectivity index (χ0v) is 21.5. The summed E-state index contributed by atoms with van der Waals surface area (Å²) in [5.74, 6) is -0.215. The lowest BCUT2D eigenvalue weighted by Crippen LogP contribution is -2.29. The molecule has 1 aliphatic heterocycles. The summed E-state index contributed by atoms with van der Waals surface area (Å²) in [5.41, 5.74) is 4.43. The number of aliphatic hydroxyl groups is 1. The predicted octanol–water partition coefficient (Wildman–Crippen LogP) is 6.07. The summed E-state index contributed by atoms with van der Waals surface area (Å²) in [4.78, 5) is 28.4. The Hall–Kier alpha value is -4.06. The number of anilines is 1. The summed E-state index contributed by atoms with van der Waals surface area (Å²) in [6.45, 7) is 7.86. The van der Waals surface area contributed by atoms with Gasteiger partial charge in [0, 0.05) is 11.3 Å². The van der Waals surface area contributed by atoms with E-state index in [0.717, 1.165) is 16.7 Å². The minimum Gasteiger partial charge on any atom is -0.507 e. The van der Waals surface area contributed by atoms with Crippen LogP contribution in [0.25, 0.3) is 5.76 Å². The highest BCUT2D eigenvalue weighted by Crippen LogP contribution is 2.44. The van der Waals surface area contributed by atoms with Gasteiger partial charge in [0.05, 0.1) is 25.8 Å². The van der Waals surface area contributed by atoms with Crippen LogP contribution in [0.3, 0.4) is 0 Å². The fourth-order valence-corrected chi connectivity index (χ4v) is 4.66. The van der Waals surface area contributed by atoms with Gasteiger partial charge in [0.1, 0.15) is 17.3 Å². The number of ketones is 1. The topological polar surface area (TPSA) is 76.1 Å². The Balaban J connectivity index is 1.99. The molecule has 0 aliphatic carbocycles. The minimum absolute atomic E-state index is 0.0387. The second kappa shape index (κ2) is 9.90. The zero-order chi connectivity index (χ0) is 26.1. The van der Waals surface area contributed by atoms with Gasteiger partial charge in [-0.25, -0.2) is 0 Å². The van der Waals surface area contributed by atoms with E-state index in [9.17, 15) is 14.7 Å². The van der Waals surface area contributed by atoms with Crippen LogP contribution in [-0.2, 0) is 9.59 Å². The van der Waals surface area contributed by atoms with Crippen LogP contribution in [0.5, 0.6) is 11.5 Å². The summed E-state index contributed by atoms with van der Waals surface area (Å²) in [7, 11) is 3.17. The minimum atomic E-state index is -0.827. The zero-order valence-electron chi connectivity index (χ0n) is 21.5. The Bertz CT molecular complexity index is 1350. The van der Waals surface area contributed by atoms with E-state index in [2.05, 4.69) is 0 Å². The maximum absolute atomic E-state index is 13.5. The number of benzene rings is 3. The van der Waals surface area contributed by atoms with Crippen LogP contribution in [0.1, 0.15) is 53.6 Å². The molecule has 1 saturated heterocycles. The number of Topliss-reactive ketones (excluding diaryl/α,β-unsaturated/α-hetero) is 1. The molecule has 1 amide bonds. The van der Waals surface area contributed by atoms with Gasteiger partial charge in [-0.2, -0.15) is 0 Å². The molecule has 6 nitrogen and oxygen atoms in total. The predicted molar refractivity (Wildman–Crippen MR) is 141 cm³/mol. The smallest absolute Gasteiger partial charge is 0.300 e. The second-order valence-corrected chi connectivity index (χ2v) is 9.35. The molecule has 0 bridgehead atoms. The second-order valence-electron chi connectivity index (χ2n) is 9.35. The van der Waals surface area contributed by atoms with E-state index in [4.69, 9.17) is 9.47 Å². The monoisotopic (exact) mass is 485 g/mol. The number of hydrogen-bond acceptors (Lipinski definition) is 5. The van der Waals surface area contributed by atoms with Crippen LogP contribution in [-0.4, -0.2) is 31.0 Å². The standard InChI is InChI=1S/C30H31NO5/c1-17(2)23-16-24(19(4)14-25(23)36-6)28(32)26-27(20-8-7-9-22(15-20)35-5)31(30(34)29(26)33)21-12-10-18(3)11-13-21/h7-17,27,32H,1-6H3/b28-26+. The summed E-state index contributed by atoms with van der Waals surface area (Å²) in [5, 5.41) is 11.6. The van der Waals surface area contributed by atoms with E-state index in [0.29, 0.717) is 28.3 Å². The Kier molecular flexibility index (Phi) is 6.88. The van der Waals surface area contributed by atoms with E-state index in [1.54, 1.807) is 32.4 Å². The fourth-order valence-electron chi connectivity index (χ4n) is 4.66. The molecule has 1 atom stereocenters. The lowest BCUT2D eigenvalue weighted by atomic mass is 9.91. The normalized spacial score (nSPS) is 17.1. The maximum Gasteiger partial charge on any atom is 0.300 e. The molecule has 0 aromatic heterocycles. The van der Waals surface area contributed by atoms with E-state index in [-0.39, 0.29) is 17.3 Å². The third-order valence-corrected chi connectivity index (χ3v) is 6.62. The summed E-state index contributed by atoms with van der Waals surface area (Å²) < 4.78 is 11.0. The van der Waals surface area contributed by atoms with E-state index < -0.39 is 17.7 Å². The average molecular weight is 486 g/mol. The Morgan fingerprint density at radius 2 is 1.64 bits per heavy atom. The van der Waals surface area contributed by atoms with Crippen molar-refractivity contribution in [3.05, 3.63) is 94.1 Å². The lowest BCUT2D eigenvalue weighted by Gasteiger charge is -2.26. The molecule has 1 unspecified atom stereocenters. The van der Waals surface area contributed by atoms with Gasteiger partial charge in [0.15, 0.2) is 0 Å². The van der Waals surface area contributed by atoms with Crippen molar-refractivity contribution in [2.45, 2.75) is 39.7 Å². The van der Waals surface area contributed by atoms with E-state index in [1.165, 1.54) is 4.90 Å². The number of aliphatic hydroxyl groups excluding tert-OH is 1. The molecule has 1 fully saturated rings. The van der Waals surface area contributed by atoms with Gasteiger partial charge in [0.25, 0.3) is 11.7 Å². The fraction of sp³-hybridized carbons (Fsp3) is 0.267. The first kappa shape index (κ1) is 25.0. The summed E-state index contributed by atoms with van der Waals surface area (Å²) in [6, 6.07) is 17.5. The molecule has 3 aromatic rings. The quantitative estimate of drug-likeness (QED) is 0.261. The van der Waals surface area contributed by atoms with Crippen LogP contribution in [0.15, 0.2) is 66.2 Å². The number of carbonyl (C=O) groups excluding carboxylic acids is 2. The first-order valence-corrected chi connectivity index (χ1v) is 11.9. The molecule has 186 valence electrons. The number of ether oxygens (including phenoxy) is 2. The highest BCUT2D eigenvalue weighted by Gasteiger charge is 2.47. The largest absolute Gasteiger partial charge is 0.507 e. The van der Waals surface area contributed by atoms with Crippen molar-refractivity contribution in [3.63, 3.8) is 0 Å². The number of aryl methyl sites for hydroxylation is 2. The summed E-state index contributed by atoms with van der Waals surface area (Å²) in [6.07, 6.45) is 0. The molecule has 0 radical (unpaired) electrons. The maximum atomic E-state index is 13.5.